The number of nitrogens with zero attached hydrogens (tertiary/aromatic N) is 3. The van der Waals surface area contributed by atoms with Crippen molar-refractivity contribution in [2.24, 2.45) is 5.10 Å². The number of rotatable bonds is 7. The first-order valence-corrected chi connectivity index (χ1v) is 11.6. The van der Waals surface area contributed by atoms with Gasteiger partial charge in [0, 0.05) is 31.8 Å². The molecule has 5 rings (SSSR count). The van der Waals surface area contributed by atoms with E-state index in [1.165, 1.54) is 0 Å². The zero-order valence-corrected chi connectivity index (χ0v) is 20.2. The lowest BCUT2D eigenvalue weighted by molar-refractivity contribution is 0.409. The summed E-state index contributed by atoms with van der Waals surface area (Å²) < 4.78 is 11.5. The van der Waals surface area contributed by atoms with Crippen LogP contribution < -0.4 is 14.6 Å². The Morgan fingerprint density at radius 2 is 1.89 bits per heavy atom. The van der Waals surface area contributed by atoms with E-state index in [1.54, 1.807) is 19.4 Å². The second-order valence-electron chi connectivity index (χ2n) is 8.82. The number of hydrogen-bond donors (Lipinski definition) is 1. The van der Waals surface area contributed by atoms with Crippen LogP contribution in [-0.4, -0.2) is 32.0 Å². The lowest BCUT2D eigenvalue weighted by atomic mass is 9.93. The Kier molecular flexibility index (Phi) is 5.95. The molecule has 1 unspecified atom stereocenters. The predicted molar refractivity (Wildman–Crippen MR) is 142 cm³/mol. The summed E-state index contributed by atoms with van der Waals surface area (Å²) in [5.74, 6) is 0.689. The smallest absolute Gasteiger partial charge is 0.144 e. The van der Waals surface area contributed by atoms with Crippen molar-refractivity contribution in [2.45, 2.75) is 18.9 Å². The van der Waals surface area contributed by atoms with E-state index in [1.807, 2.05) is 55.5 Å². The van der Waals surface area contributed by atoms with Crippen LogP contribution in [0, 0.1) is 0 Å². The molecular weight excluding hydrogens is 438 g/mol. The Morgan fingerprint density at radius 3 is 2.54 bits per heavy atom. The van der Waals surface area contributed by atoms with Crippen molar-refractivity contribution in [1.29, 1.82) is 0 Å². The molecule has 1 N–H and O–H groups in total. The summed E-state index contributed by atoms with van der Waals surface area (Å²) in [6, 6.07) is 20.5. The molecule has 1 aromatic heterocycles. The Bertz CT molecular complexity index is 1390. The summed E-state index contributed by atoms with van der Waals surface area (Å²) in [4.78, 5) is 2.08. The normalized spacial score (nSPS) is 15.3. The number of aromatic hydroxyl groups is 1. The number of hydrogen-bond acceptors (Lipinski definition) is 6. The summed E-state index contributed by atoms with van der Waals surface area (Å²) in [5, 5.41) is 19.3. The van der Waals surface area contributed by atoms with Crippen molar-refractivity contribution in [2.75, 3.05) is 31.1 Å². The molecule has 6 heteroatoms. The van der Waals surface area contributed by atoms with Crippen LogP contribution in [0.3, 0.4) is 0 Å². The summed E-state index contributed by atoms with van der Waals surface area (Å²) in [7, 11) is 5.67. The van der Waals surface area contributed by atoms with Gasteiger partial charge in [-0.15, -0.1) is 6.58 Å². The highest BCUT2D eigenvalue weighted by Gasteiger charge is 2.34. The Labute approximate surface area is 205 Å². The summed E-state index contributed by atoms with van der Waals surface area (Å²) in [5.41, 5.74) is 5.93. The molecule has 1 atom stereocenters. The molecule has 4 aromatic rings. The van der Waals surface area contributed by atoms with Gasteiger partial charge in [-0.05, 0) is 42.3 Å². The maximum Gasteiger partial charge on any atom is 0.144 e. The first-order chi connectivity index (χ1) is 17.0. The lowest BCUT2D eigenvalue weighted by Gasteiger charge is -2.24. The highest BCUT2D eigenvalue weighted by atomic mass is 16.5. The number of allylic oxidation sites excluding steroid dienone is 1. The Hall–Kier alpha value is -4.19. The quantitative estimate of drug-likeness (QED) is 0.323. The average Bonchev–Trinajstić information content (AvgIpc) is 3.54. The number of fused-ring (bicyclic) bond motifs is 1. The minimum absolute atomic E-state index is 0.0318. The van der Waals surface area contributed by atoms with Gasteiger partial charge in [-0.25, -0.2) is 0 Å². The van der Waals surface area contributed by atoms with E-state index in [4.69, 9.17) is 14.3 Å². The third kappa shape index (κ3) is 3.91. The van der Waals surface area contributed by atoms with E-state index in [0.717, 1.165) is 28.0 Å². The average molecular weight is 468 g/mol. The minimum Gasteiger partial charge on any atom is -0.507 e. The van der Waals surface area contributed by atoms with E-state index >= 15 is 0 Å². The largest absolute Gasteiger partial charge is 0.507 e. The van der Waals surface area contributed by atoms with Crippen molar-refractivity contribution >= 4 is 28.1 Å². The second kappa shape index (κ2) is 9.22. The van der Waals surface area contributed by atoms with E-state index in [0.29, 0.717) is 35.3 Å². The van der Waals surface area contributed by atoms with Gasteiger partial charge >= 0.3 is 0 Å². The molecule has 0 saturated carbocycles. The summed E-state index contributed by atoms with van der Waals surface area (Å²) >= 11 is 0. The molecule has 6 nitrogen and oxygen atoms in total. The number of ether oxygens (including phenoxy) is 1. The number of furan rings is 1. The van der Waals surface area contributed by atoms with E-state index in [-0.39, 0.29) is 11.8 Å². The van der Waals surface area contributed by atoms with Crippen molar-refractivity contribution in [1.82, 2.24) is 0 Å². The van der Waals surface area contributed by atoms with Crippen LogP contribution in [0.4, 0.5) is 11.4 Å². The fourth-order valence-electron chi connectivity index (χ4n) is 4.77. The second-order valence-corrected chi connectivity index (χ2v) is 8.82. The van der Waals surface area contributed by atoms with Gasteiger partial charge in [-0.2, -0.15) is 5.10 Å². The van der Waals surface area contributed by atoms with Crippen molar-refractivity contribution in [3.05, 3.63) is 96.3 Å². The van der Waals surface area contributed by atoms with Gasteiger partial charge in [0.1, 0.15) is 17.1 Å². The Balaban J connectivity index is 1.66. The molecule has 1 aliphatic heterocycles. The molecule has 35 heavy (non-hydrogen) atoms. The number of phenolic OH excluding ortho intramolecular Hbond substituents is 1. The predicted octanol–water partition coefficient (Wildman–Crippen LogP) is 6.30. The van der Waals surface area contributed by atoms with Gasteiger partial charge in [0.2, 0.25) is 0 Å². The fourth-order valence-corrected chi connectivity index (χ4v) is 4.77. The Morgan fingerprint density at radius 1 is 1.14 bits per heavy atom. The highest BCUT2D eigenvalue weighted by molar-refractivity contribution is 6.12. The van der Waals surface area contributed by atoms with E-state index < -0.39 is 0 Å². The molecule has 3 aromatic carbocycles. The first kappa shape index (κ1) is 22.6. The molecule has 2 heterocycles. The van der Waals surface area contributed by atoms with Crippen molar-refractivity contribution < 1.29 is 14.3 Å². The number of phenols is 1. The summed E-state index contributed by atoms with van der Waals surface area (Å²) in [6.45, 7) is 3.85. The number of methoxy groups -OCH3 is 1. The van der Waals surface area contributed by atoms with Gasteiger partial charge in [0.05, 0.1) is 41.8 Å². The summed E-state index contributed by atoms with van der Waals surface area (Å²) in [6.07, 6.45) is 4.45. The van der Waals surface area contributed by atoms with Gasteiger partial charge in [0.25, 0.3) is 0 Å². The SMILES string of the molecule is C=CCc1c(O)c(C2=NN(c3ccccc3)C(c3ccc(N(C)C)cc3)C2)c(OC)c2ccoc12. The van der Waals surface area contributed by atoms with Gasteiger partial charge in [0.15, 0.2) is 0 Å². The highest BCUT2D eigenvalue weighted by Crippen LogP contribution is 2.46. The number of para-hydroxylation sites is 1. The zero-order chi connectivity index (χ0) is 24.5. The van der Waals surface area contributed by atoms with Gasteiger partial charge < -0.3 is 19.2 Å². The zero-order valence-electron chi connectivity index (χ0n) is 20.2. The molecule has 0 amide bonds. The van der Waals surface area contributed by atoms with Gasteiger partial charge in [-0.1, -0.05) is 36.4 Å². The van der Waals surface area contributed by atoms with Crippen LogP contribution in [0.5, 0.6) is 11.5 Å². The maximum absolute atomic E-state index is 11.4. The number of benzene rings is 3. The molecule has 178 valence electrons. The molecule has 0 fully saturated rings. The van der Waals surface area contributed by atoms with Crippen LogP contribution in [0.15, 0.2) is 89.1 Å². The molecule has 0 saturated heterocycles. The molecular formula is C29H29N3O3. The molecule has 0 bridgehead atoms. The monoisotopic (exact) mass is 467 g/mol. The number of hydrazone groups is 1. The third-order valence-electron chi connectivity index (χ3n) is 6.50. The lowest BCUT2D eigenvalue weighted by Crippen LogP contribution is -2.18. The fraction of sp³-hybridized carbons (Fsp3) is 0.207. The van der Waals surface area contributed by atoms with E-state index in [2.05, 4.69) is 35.7 Å². The topological polar surface area (TPSA) is 61.4 Å². The van der Waals surface area contributed by atoms with Crippen molar-refractivity contribution in [3.63, 3.8) is 0 Å². The molecule has 1 aliphatic rings. The number of anilines is 2. The van der Waals surface area contributed by atoms with Crippen LogP contribution >= 0.6 is 0 Å². The van der Waals surface area contributed by atoms with Crippen LogP contribution in [0.1, 0.15) is 29.2 Å². The standard InChI is InChI=1S/C29H29N3O3/c1-5-9-22-27(33)26(29(34-4)23-16-17-35-28(22)23)24-18-25(19-12-14-20(15-13-19)31(2)3)32(30-24)21-10-7-6-8-11-21/h5-8,10-17,25,33H,1,9,18H2,2-4H3. The van der Waals surface area contributed by atoms with Gasteiger partial charge in [-0.3, -0.25) is 5.01 Å². The molecule has 0 radical (unpaired) electrons. The minimum atomic E-state index is -0.0318. The molecule has 0 spiro atoms. The van der Waals surface area contributed by atoms with Crippen LogP contribution in [-0.2, 0) is 6.42 Å². The van der Waals surface area contributed by atoms with Crippen molar-refractivity contribution in [3.8, 4) is 11.5 Å². The van der Waals surface area contributed by atoms with Crippen LogP contribution in [0.2, 0.25) is 0 Å². The third-order valence-corrected chi connectivity index (χ3v) is 6.50. The van der Waals surface area contributed by atoms with E-state index in [9.17, 15) is 5.11 Å². The maximum atomic E-state index is 11.4. The first-order valence-electron chi connectivity index (χ1n) is 11.6. The van der Waals surface area contributed by atoms with Crippen LogP contribution in [0.25, 0.3) is 11.0 Å². The molecule has 0 aliphatic carbocycles.